The minimum absolute atomic E-state index is 1.13. The summed E-state index contributed by atoms with van der Waals surface area (Å²) in [6, 6.07) is 0. The molecule has 0 nitrogen and oxygen atoms in total. The van der Waals surface area contributed by atoms with Gasteiger partial charge >= 0.3 is 0 Å². The van der Waals surface area contributed by atoms with Crippen LogP contribution < -0.4 is 0 Å². The van der Waals surface area contributed by atoms with Gasteiger partial charge in [0.1, 0.15) is 7.28 Å². The Morgan fingerprint density at radius 2 is 2.29 bits per heavy atom. The monoisotopic (exact) mass is 95.1 g/mol. The van der Waals surface area contributed by atoms with Crippen molar-refractivity contribution in [3.63, 3.8) is 0 Å². The van der Waals surface area contributed by atoms with Crippen molar-refractivity contribution in [2.75, 3.05) is 0 Å². The molecule has 0 spiro atoms. The molecular formula is C6H12B. The first kappa shape index (κ1) is 6.80. The van der Waals surface area contributed by atoms with Crippen LogP contribution in [0, 0.1) is 0 Å². The molecule has 0 aromatic rings. The minimum Gasteiger partial charge on any atom is -0.0967 e. The lowest BCUT2D eigenvalue weighted by molar-refractivity contribution is 1.42. The normalized spacial score (nSPS) is 10.0. The summed E-state index contributed by atoms with van der Waals surface area (Å²) in [7, 11) is 2.25. The Bertz CT molecular complexity index is 48.1. The first-order chi connectivity index (χ1) is 3.41. The molecule has 7 heavy (non-hydrogen) atoms. The highest BCUT2D eigenvalue weighted by molar-refractivity contribution is 6.35. The quantitative estimate of drug-likeness (QED) is 0.286. The maximum absolute atomic E-state index is 2.25. The summed E-state index contributed by atoms with van der Waals surface area (Å²) in [5.74, 6) is 0. The van der Waals surface area contributed by atoms with Gasteiger partial charge in [0, 0.05) is 0 Å². The standard InChI is InChI=1S/C6H12B/c1-3-5-6-7-4-2/h3,5H,4,6H2,1-2H3. The van der Waals surface area contributed by atoms with E-state index in [1.165, 1.54) is 6.32 Å². The fourth-order valence-electron chi connectivity index (χ4n) is 0.399. The Balaban J connectivity index is 2.69. The minimum atomic E-state index is 1.13. The molecule has 0 bridgehead atoms. The molecule has 0 aliphatic rings. The molecule has 0 heterocycles. The van der Waals surface area contributed by atoms with Crippen LogP contribution in [-0.2, 0) is 0 Å². The third-order valence-electron chi connectivity index (χ3n) is 0.827. The molecule has 0 aliphatic carbocycles. The third-order valence-corrected chi connectivity index (χ3v) is 0.827. The van der Waals surface area contributed by atoms with Crippen LogP contribution in [0.15, 0.2) is 12.2 Å². The summed E-state index contributed by atoms with van der Waals surface area (Å²) >= 11 is 0. The van der Waals surface area contributed by atoms with Crippen molar-refractivity contribution in [3.8, 4) is 0 Å². The number of hydrogen-bond donors (Lipinski definition) is 0. The lowest BCUT2D eigenvalue weighted by atomic mass is 9.72. The largest absolute Gasteiger partial charge is 0.114 e. The van der Waals surface area contributed by atoms with Crippen LogP contribution in [0.2, 0.25) is 12.6 Å². The lowest BCUT2D eigenvalue weighted by Gasteiger charge is -1.80. The molecule has 1 radical (unpaired) electrons. The second-order valence-electron chi connectivity index (χ2n) is 1.50. The highest BCUT2D eigenvalue weighted by atomic mass is 13.6. The predicted octanol–water partition coefficient (Wildman–Crippen LogP) is 2.12. The van der Waals surface area contributed by atoms with Gasteiger partial charge in [0.15, 0.2) is 0 Å². The van der Waals surface area contributed by atoms with E-state index in [0.29, 0.717) is 0 Å². The Kier molecular flexibility index (Phi) is 5.64. The first-order valence-corrected chi connectivity index (χ1v) is 2.84. The molecule has 1 heteroatoms. The van der Waals surface area contributed by atoms with E-state index in [9.17, 15) is 0 Å². The summed E-state index contributed by atoms with van der Waals surface area (Å²) in [4.78, 5) is 0. The smallest absolute Gasteiger partial charge is 0.0967 e. The molecule has 0 atom stereocenters. The second kappa shape index (κ2) is 5.80. The maximum Gasteiger partial charge on any atom is 0.114 e. The summed E-state index contributed by atoms with van der Waals surface area (Å²) in [6.07, 6.45) is 6.55. The molecule has 39 valence electrons. The maximum atomic E-state index is 2.25. The van der Waals surface area contributed by atoms with E-state index in [0.717, 1.165) is 6.32 Å². The van der Waals surface area contributed by atoms with E-state index < -0.39 is 0 Å². The number of rotatable bonds is 3. The van der Waals surface area contributed by atoms with Gasteiger partial charge in [-0.05, 0) is 6.92 Å². The lowest BCUT2D eigenvalue weighted by Crippen LogP contribution is -1.78. The SMILES string of the molecule is CC=CC[B]CC. The Labute approximate surface area is 46.9 Å². The number of hydrogen-bond acceptors (Lipinski definition) is 0. The van der Waals surface area contributed by atoms with Gasteiger partial charge in [-0.15, -0.1) is 0 Å². The third kappa shape index (κ3) is 5.80. The summed E-state index contributed by atoms with van der Waals surface area (Å²) in [5.41, 5.74) is 0. The second-order valence-corrected chi connectivity index (χ2v) is 1.50. The van der Waals surface area contributed by atoms with Crippen LogP contribution in [0.5, 0.6) is 0 Å². The van der Waals surface area contributed by atoms with E-state index in [1.807, 2.05) is 6.92 Å². The zero-order chi connectivity index (χ0) is 5.54. The van der Waals surface area contributed by atoms with E-state index in [4.69, 9.17) is 0 Å². The van der Waals surface area contributed by atoms with Crippen LogP contribution >= 0.6 is 0 Å². The number of allylic oxidation sites excluding steroid dienone is 2. The van der Waals surface area contributed by atoms with Crippen molar-refractivity contribution >= 4 is 7.28 Å². The Morgan fingerprint density at radius 1 is 1.57 bits per heavy atom. The molecule has 0 aromatic carbocycles. The van der Waals surface area contributed by atoms with Crippen molar-refractivity contribution in [1.82, 2.24) is 0 Å². The Hall–Kier alpha value is -0.195. The van der Waals surface area contributed by atoms with E-state index in [2.05, 4.69) is 26.4 Å². The summed E-state index contributed by atoms with van der Waals surface area (Å²) < 4.78 is 0. The summed E-state index contributed by atoms with van der Waals surface area (Å²) in [5, 5.41) is 0. The average molecular weight is 95.0 g/mol. The van der Waals surface area contributed by atoms with Crippen LogP contribution in [-0.4, -0.2) is 7.28 Å². The highest BCUT2D eigenvalue weighted by Crippen LogP contribution is 1.84. The van der Waals surface area contributed by atoms with Crippen LogP contribution in [0.3, 0.4) is 0 Å². The van der Waals surface area contributed by atoms with Gasteiger partial charge in [-0.2, -0.15) is 0 Å². The van der Waals surface area contributed by atoms with E-state index in [1.54, 1.807) is 0 Å². The van der Waals surface area contributed by atoms with E-state index >= 15 is 0 Å². The zero-order valence-corrected chi connectivity index (χ0v) is 5.15. The zero-order valence-electron chi connectivity index (χ0n) is 5.15. The van der Waals surface area contributed by atoms with Crippen LogP contribution in [0.1, 0.15) is 13.8 Å². The van der Waals surface area contributed by atoms with Crippen molar-refractivity contribution in [1.29, 1.82) is 0 Å². The van der Waals surface area contributed by atoms with Crippen LogP contribution in [0.25, 0.3) is 0 Å². The predicted molar refractivity (Wildman–Crippen MR) is 35.9 cm³/mol. The van der Waals surface area contributed by atoms with Gasteiger partial charge in [0.25, 0.3) is 0 Å². The highest BCUT2D eigenvalue weighted by Gasteiger charge is 1.76. The molecule has 0 fully saturated rings. The molecule has 0 aliphatic heterocycles. The molecule has 0 unspecified atom stereocenters. The Morgan fingerprint density at radius 3 is 2.71 bits per heavy atom. The molecule has 0 amide bonds. The van der Waals surface area contributed by atoms with Gasteiger partial charge in [-0.25, -0.2) is 0 Å². The molecule has 0 rings (SSSR count). The van der Waals surface area contributed by atoms with Gasteiger partial charge in [-0.1, -0.05) is 31.7 Å². The van der Waals surface area contributed by atoms with Crippen LogP contribution in [0.4, 0.5) is 0 Å². The summed E-state index contributed by atoms with van der Waals surface area (Å²) in [6.45, 7) is 4.20. The fraction of sp³-hybridized carbons (Fsp3) is 0.667. The van der Waals surface area contributed by atoms with Crippen molar-refractivity contribution in [2.24, 2.45) is 0 Å². The van der Waals surface area contributed by atoms with Crippen molar-refractivity contribution in [2.45, 2.75) is 26.5 Å². The average Bonchev–Trinajstić information content (AvgIpc) is 1.69. The van der Waals surface area contributed by atoms with Crippen molar-refractivity contribution in [3.05, 3.63) is 12.2 Å². The molecule has 0 aromatic heterocycles. The van der Waals surface area contributed by atoms with Gasteiger partial charge in [0.05, 0.1) is 0 Å². The molecule has 0 N–H and O–H groups in total. The first-order valence-electron chi connectivity index (χ1n) is 2.84. The molecular weight excluding hydrogens is 82.9 g/mol. The fourth-order valence-corrected chi connectivity index (χ4v) is 0.399. The van der Waals surface area contributed by atoms with E-state index in [-0.39, 0.29) is 0 Å². The topological polar surface area (TPSA) is 0 Å². The van der Waals surface area contributed by atoms with Gasteiger partial charge in [0.2, 0.25) is 0 Å². The van der Waals surface area contributed by atoms with Gasteiger partial charge < -0.3 is 0 Å². The van der Waals surface area contributed by atoms with Crippen molar-refractivity contribution < 1.29 is 0 Å². The molecule has 0 saturated heterocycles. The van der Waals surface area contributed by atoms with Gasteiger partial charge in [-0.3, -0.25) is 0 Å². The molecule has 0 saturated carbocycles.